The Morgan fingerprint density at radius 3 is 2.61 bits per heavy atom. The zero-order valence-corrected chi connectivity index (χ0v) is 22.7. The van der Waals surface area contributed by atoms with Crippen molar-refractivity contribution >= 4 is 22.8 Å². The molecule has 38 heavy (non-hydrogen) atoms. The summed E-state index contributed by atoms with van der Waals surface area (Å²) in [5.74, 6) is 0.352. The van der Waals surface area contributed by atoms with Gasteiger partial charge in [0.1, 0.15) is 6.10 Å². The number of benzene rings is 2. The fourth-order valence-electron chi connectivity index (χ4n) is 6.11. The van der Waals surface area contributed by atoms with E-state index in [9.17, 15) is 9.59 Å². The highest BCUT2D eigenvalue weighted by Crippen LogP contribution is 2.35. The number of esters is 2. The van der Waals surface area contributed by atoms with Crippen LogP contribution < -0.4 is 0 Å². The van der Waals surface area contributed by atoms with Crippen molar-refractivity contribution in [3.05, 3.63) is 77.0 Å². The van der Waals surface area contributed by atoms with Gasteiger partial charge in [-0.1, -0.05) is 75.7 Å². The predicted molar refractivity (Wildman–Crippen MR) is 148 cm³/mol. The van der Waals surface area contributed by atoms with E-state index in [2.05, 4.69) is 37.8 Å². The summed E-state index contributed by atoms with van der Waals surface area (Å²) in [7, 11) is 0. The Hall–Kier alpha value is -3.25. The van der Waals surface area contributed by atoms with E-state index in [1.807, 2.05) is 42.5 Å². The maximum absolute atomic E-state index is 13.5. The minimum atomic E-state index is -0.490. The molecule has 5 rings (SSSR count). The van der Waals surface area contributed by atoms with Crippen molar-refractivity contribution in [2.24, 2.45) is 17.8 Å². The molecule has 2 heterocycles. The summed E-state index contributed by atoms with van der Waals surface area (Å²) in [5, 5.41) is 0.757. The number of carbonyl (C=O) groups excluding carboxylic acids is 2. The molecule has 3 unspecified atom stereocenters. The minimum absolute atomic E-state index is 0.119. The molecule has 1 fully saturated rings. The van der Waals surface area contributed by atoms with Gasteiger partial charge in [0, 0.05) is 42.7 Å². The first-order chi connectivity index (χ1) is 18.4. The molecule has 3 atom stereocenters. The molecule has 1 aliphatic carbocycles. The van der Waals surface area contributed by atoms with E-state index in [1.54, 1.807) is 0 Å². The van der Waals surface area contributed by atoms with Crippen molar-refractivity contribution in [2.45, 2.75) is 65.6 Å². The van der Waals surface area contributed by atoms with Crippen LogP contribution in [0, 0.1) is 17.8 Å². The molecule has 2 aromatic carbocycles. The number of carbonyl (C=O) groups is 2. The van der Waals surface area contributed by atoms with Crippen LogP contribution in [-0.4, -0.2) is 41.1 Å². The van der Waals surface area contributed by atoms with Gasteiger partial charge in [-0.2, -0.15) is 0 Å². The molecule has 2 aliphatic rings. The van der Waals surface area contributed by atoms with Gasteiger partial charge in [-0.3, -0.25) is 9.88 Å². The summed E-state index contributed by atoms with van der Waals surface area (Å²) < 4.78 is 11.5. The lowest BCUT2D eigenvalue weighted by Gasteiger charge is -2.36. The van der Waals surface area contributed by atoms with Crippen LogP contribution in [0.2, 0.25) is 0 Å². The van der Waals surface area contributed by atoms with E-state index in [0.717, 1.165) is 60.9 Å². The third-order valence-corrected chi connectivity index (χ3v) is 8.14. The van der Waals surface area contributed by atoms with Gasteiger partial charge in [-0.05, 0) is 42.2 Å². The molecule has 1 aliphatic heterocycles. The average Bonchev–Trinajstić information content (AvgIpc) is 2.91. The number of pyridine rings is 1. The zero-order valence-electron chi connectivity index (χ0n) is 22.7. The Morgan fingerprint density at radius 1 is 1.05 bits per heavy atom. The lowest BCUT2D eigenvalue weighted by Crippen LogP contribution is -2.37. The topological polar surface area (TPSA) is 68.7 Å². The number of aromatic nitrogens is 1. The Balaban J connectivity index is 1.33. The number of nitrogens with zero attached hydrogens (tertiary/aromatic N) is 2. The van der Waals surface area contributed by atoms with Gasteiger partial charge >= 0.3 is 11.9 Å². The van der Waals surface area contributed by atoms with E-state index < -0.39 is 11.9 Å². The van der Waals surface area contributed by atoms with Crippen LogP contribution in [0.5, 0.6) is 0 Å². The molecule has 6 nitrogen and oxygen atoms in total. The number of fused-ring (bicyclic) bond motifs is 2. The first-order valence-corrected chi connectivity index (χ1v) is 13.9. The summed E-state index contributed by atoms with van der Waals surface area (Å²) in [5.41, 5.74) is 4.34. The summed E-state index contributed by atoms with van der Waals surface area (Å²) in [4.78, 5) is 33.6. The van der Waals surface area contributed by atoms with Crippen molar-refractivity contribution in [1.82, 2.24) is 9.88 Å². The van der Waals surface area contributed by atoms with Crippen molar-refractivity contribution in [1.29, 1.82) is 0 Å². The number of ether oxygens (including phenoxy) is 2. The highest BCUT2D eigenvalue weighted by atomic mass is 16.6. The second kappa shape index (κ2) is 11.6. The van der Waals surface area contributed by atoms with Crippen molar-refractivity contribution in [2.75, 3.05) is 13.2 Å². The van der Waals surface area contributed by atoms with E-state index in [4.69, 9.17) is 14.5 Å². The molecule has 0 spiro atoms. The largest absolute Gasteiger partial charge is 0.460 e. The molecule has 3 aromatic rings. The smallest absolute Gasteiger partial charge is 0.344 e. The van der Waals surface area contributed by atoms with Crippen LogP contribution in [0.3, 0.4) is 0 Å². The van der Waals surface area contributed by atoms with Gasteiger partial charge < -0.3 is 9.47 Å². The van der Waals surface area contributed by atoms with Crippen LogP contribution in [0.1, 0.15) is 67.2 Å². The number of rotatable bonds is 7. The van der Waals surface area contributed by atoms with Crippen molar-refractivity contribution < 1.29 is 19.1 Å². The Kier molecular flexibility index (Phi) is 8.08. The zero-order chi connectivity index (χ0) is 26.6. The standard InChI is InChI=1S/C32H38N2O4/c1-21(2)24-14-13-22(3)17-29(24)38-30(35)20-37-32(36)31-25-11-7-8-12-27(25)33-28-15-16-34(19-26(28)31)18-23-9-5-4-6-10-23/h4-12,21-22,24,29H,13-20H2,1-3H3. The average molecular weight is 515 g/mol. The predicted octanol–water partition coefficient (Wildman–Crippen LogP) is 5.95. The fraction of sp³-hybridized carbons (Fsp3) is 0.469. The summed E-state index contributed by atoms with van der Waals surface area (Å²) >= 11 is 0. The molecule has 0 bridgehead atoms. The van der Waals surface area contributed by atoms with Crippen LogP contribution in [0.25, 0.3) is 10.9 Å². The number of hydrogen-bond donors (Lipinski definition) is 0. The Bertz CT molecular complexity index is 1290. The minimum Gasteiger partial charge on any atom is -0.460 e. The van der Waals surface area contributed by atoms with E-state index in [1.165, 1.54) is 5.56 Å². The molecule has 0 amide bonds. The van der Waals surface area contributed by atoms with Gasteiger partial charge in [0.15, 0.2) is 6.61 Å². The van der Waals surface area contributed by atoms with Crippen molar-refractivity contribution in [3.63, 3.8) is 0 Å². The monoisotopic (exact) mass is 514 g/mol. The molecule has 0 saturated heterocycles. The second-order valence-corrected chi connectivity index (χ2v) is 11.3. The van der Waals surface area contributed by atoms with Crippen molar-refractivity contribution in [3.8, 4) is 0 Å². The molecule has 6 heteroatoms. The maximum atomic E-state index is 13.5. The van der Waals surface area contributed by atoms with Gasteiger partial charge in [-0.25, -0.2) is 9.59 Å². The summed E-state index contributed by atoms with van der Waals surface area (Å²) in [6.07, 6.45) is 3.72. The molecule has 0 radical (unpaired) electrons. The maximum Gasteiger partial charge on any atom is 0.344 e. The van der Waals surface area contributed by atoms with Crippen LogP contribution in [0.15, 0.2) is 54.6 Å². The third kappa shape index (κ3) is 5.91. The Morgan fingerprint density at radius 2 is 1.82 bits per heavy atom. The van der Waals surface area contributed by atoms with E-state index in [0.29, 0.717) is 29.9 Å². The number of para-hydroxylation sites is 1. The van der Waals surface area contributed by atoms with Gasteiger partial charge in [0.2, 0.25) is 0 Å². The van der Waals surface area contributed by atoms with Crippen LogP contribution in [-0.2, 0) is 33.8 Å². The SMILES string of the molecule is CC1CCC(C(C)C)C(OC(=O)COC(=O)c2c3c(nc4ccccc24)CCN(Cc2ccccc2)C3)C1. The molecule has 0 N–H and O–H groups in total. The molecule has 1 saturated carbocycles. The highest BCUT2D eigenvalue weighted by Gasteiger charge is 2.34. The van der Waals surface area contributed by atoms with Gasteiger partial charge in [-0.15, -0.1) is 0 Å². The van der Waals surface area contributed by atoms with E-state index >= 15 is 0 Å². The molecule has 1 aromatic heterocycles. The molecular formula is C32H38N2O4. The van der Waals surface area contributed by atoms with Crippen LogP contribution >= 0.6 is 0 Å². The van der Waals surface area contributed by atoms with E-state index in [-0.39, 0.29) is 12.7 Å². The third-order valence-electron chi connectivity index (χ3n) is 8.14. The van der Waals surface area contributed by atoms with Gasteiger partial charge in [0.05, 0.1) is 11.1 Å². The Labute approximate surface area is 225 Å². The summed E-state index contributed by atoms with van der Waals surface area (Å²) in [6, 6.07) is 18.0. The fourth-order valence-corrected chi connectivity index (χ4v) is 6.11. The lowest BCUT2D eigenvalue weighted by atomic mass is 9.75. The first kappa shape index (κ1) is 26.4. The quantitative estimate of drug-likeness (QED) is 0.363. The van der Waals surface area contributed by atoms with Gasteiger partial charge in [0.25, 0.3) is 0 Å². The normalized spacial score (nSPS) is 21.7. The summed E-state index contributed by atoms with van der Waals surface area (Å²) in [6.45, 7) is 8.45. The molecule has 200 valence electrons. The molecular weight excluding hydrogens is 476 g/mol. The number of hydrogen-bond acceptors (Lipinski definition) is 6. The first-order valence-electron chi connectivity index (χ1n) is 13.9. The second-order valence-electron chi connectivity index (χ2n) is 11.3. The van der Waals surface area contributed by atoms with Crippen LogP contribution in [0.4, 0.5) is 0 Å². The highest BCUT2D eigenvalue weighted by molar-refractivity contribution is 6.05. The lowest BCUT2D eigenvalue weighted by molar-refractivity contribution is -0.159.